The average molecular weight is 246 g/mol. The average Bonchev–Trinajstić information content (AvgIpc) is 2.34. The summed E-state index contributed by atoms with van der Waals surface area (Å²) in [6.45, 7) is 12.3. The zero-order chi connectivity index (χ0) is 14.0. The topological polar surface area (TPSA) is 9.23 Å². The van der Waals surface area contributed by atoms with E-state index >= 15 is 0 Å². The van der Waals surface area contributed by atoms with Gasteiger partial charge in [-0.1, -0.05) is 51.5 Å². The molecule has 0 aliphatic heterocycles. The molecule has 0 saturated carbocycles. The standard InChI is InChI=1S/C15H20O.C2H6/c1-5-6-15(11-12(2)3)16-14-9-7-13(4)8-10-14;1-2/h5-12H,1-4H3;1-2H3/b6-5-,15-11+;. The molecular formula is C17H26O. The predicted molar refractivity (Wildman–Crippen MR) is 80.9 cm³/mol. The molecule has 0 aliphatic rings. The van der Waals surface area contributed by atoms with Crippen LogP contribution >= 0.6 is 0 Å². The lowest BCUT2D eigenvalue weighted by molar-refractivity contribution is 0.438. The third kappa shape index (κ3) is 6.95. The molecule has 0 aromatic heterocycles. The molecule has 0 radical (unpaired) electrons. The summed E-state index contributed by atoms with van der Waals surface area (Å²) in [7, 11) is 0. The van der Waals surface area contributed by atoms with E-state index in [1.54, 1.807) is 0 Å². The quantitative estimate of drug-likeness (QED) is 0.502. The molecule has 0 heterocycles. The SMILES string of the molecule is C/C=C\C(=C/C(C)C)Oc1ccc(C)cc1.CC. The summed E-state index contributed by atoms with van der Waals surface area (Å²) >= 11 is 0. The van der Waals surface area contributed by atoms with Gasteiger partial charge in [0.25, 0.3) is 0 Å². The van der Waals surface area contributed by atoms with Gasteiger partial charge >= 0.3 is 0 Å². The van der Waals surface area contributed by atoms with Crippen LogP contribution in [-0.4, -0.2) is 0 Å². The van der Waals surface area contributed by atoms with Gasteiger partial charge in [-0.25, -0.2) is 0 Å². The van der Waals surface area contributed by atoms with Gasteiger partial charge < -0.3 is 4.74 Å². The lowest BCUT2D eigenvalue weighted by atomic mass is 10.2. The van der Waals surface area contributed by atoms with Gasteiger partial charge in [0, 0.05) is 0 Å². The van der Waals surface area contributed by atoms with E-state index in [1.807, 2.05) is 45.1 Å². The first-order valence-electron chi connectivity index (χ1n) is 6.71. The van der Waals surface area contributed by atoms with Gasteiger partial charge in [-0.3, -0.25) is 0 Å². The number of aryl methyl sites for hydroxylation is 1. The van der Waals surface area contributed by atoms with Gasteiger partial charge in [0.05, 0.1) is 0 Å². The third-order valence-electron chi connectivity index (χ3n) is 2.09. The molecule has 0 saturated heterocycles. The van der Waals surface area contributed by atoms with Crippen molar-refractivity contribution in [2.45, 2.75) is 41.5 Å². The van der Waals surface area contributed by atoms with E-state index in [1.165, 1.54) is 5.56 Å². The number of ether oxygens (including phenoxy) is 1. The van der Waals surface area contributed by atoms with Gasteiger partial charge in [-0.15, -0.1) is 0 Å². The van der Waals surface area contributed by atoms with E-state index in [2.05, 4.69) is 39.0 Å². The van der Waals surface area contributed by atoms with Gasteiger partial charge in [-0.2, -0.15) is 0 Å². The van der Waals surface area contributed by atoms with Crippen molar-refractivity contribution in [1.82, 2.24) is 0 Å². The van der Waals surface area contributed by atoms with Crippen molar-refractivity contribution >= 4 is 0 Å². The van der Waals surface area contributed by atoms with Crippen LogP contribution in [0.2, 0.25) is 0 Å². The van der Waals surface area contributed by atoms with E-state index in [0.29, 0.717) is 5.92 Å². The van der Waals surface area contributed by atoms with Crippen LogP contribution in [0.25, 0.3) is 0 Å². The molecule has 1 aromatic rings. The Labute approximate surface area is 112 Å². The second-order valence-corrected chi connectivity index (χ2v) is 4.23. The van der Waals surface area contributed by atoms with Crippen molar-refractivity contribution in [3.63, 3.8) is 0 Å². The zero-order valence-corrected chi connectivity index (χ0v) is 12.5. The number of allylic oxidation sites excluding steroid dienone is 3. The summed E-state index contributed by atoms with van der Waals surface area (Å²) in [6, 6.07) is 8.09. The van der Waals surface area contributed by atoms with Crippen molar-refractivity contribution in [1.29, 1.82) is 0 Å². The Kier molecular flexibility index (Phi) is 8.73. The molecule has 0 atom stereocenters. The van der Waals surface area contributed by atoms with E-state index < -0.39 is 0 Å². The zero-order valence-electron chi connectivity index (χ0n) is 12.5. The molecule has 0 fully saturated rings. The van der Waals surface area contributed by atoms with Crippen LogP contribution in [0.15, 0.2) is 48.3 Å². The van der Waals surface area contributed by atoms with Gasteiger partial charge in [-0.05, 0) is 44.1 Å². The summed E-state index contributed by atoms with van der Waals surface area (Å²) in [5.41, 5.74) is 1.24. The monoisotopic (exact) mass is 246 g/mol. The largest absolute Gasteiger partial charge is 0.458 e. The normalized spacial score (nSPS) is 11.4. The van der Waals surface area contributed by atoms with E-state index in [0.717, 1.165) is 11.5 Å². The summed E-state index contributed by atoms with van der Waals surface area (Å²) in [6.07, 6.45) is 6.09. The highest BCUT2D eigenvalue weighted by Crippen LogP contribution is 2.16. The molecule has 0 unspecified atom stereocenters. The van der Waals surface area contributed by atoms with Gasteiger partial charge in [0.1, 0.15) is 11.5 Å². The summed E-state index contributed by atoms with van der Waals surface area (Å²) in [5, 5.41) is 0. The van der Waals surface area contributed by atoms with E-state index in [-0.39, 0.29) is 0 Å². The Bertz CT molecular complexity index is 369. The molecule has 0 bridgehead atoms. The maximum atomic E-state index is 5.80. The highest BCUT2D eigenvalue weighted by Gasteiger charge is 1.98. The third-order valence-corrected chi connectivity index (χ3v) is 2.09. The second-order valence-electron chi connectivity index (χ2n) is 4.23. The van der Waals surface area contributed by atoms with Crippen LogP contribution < -0.4 is 4.74 Å². The number of hydrogen-bond acceptors (Lipinski definition) is 1. The van der Waals surface area contributed by atoms with Crippen LogP contribution in [0, 0.1) is 12.8 Å². The summed E-state index contributed by atoms with van der Waals surface area (Å²) in [5.74, 6) is 2.27. The number of rotatable bonds is 4. The highest BCUT2D eigenvalue weighted by molar-refractivity contribution is 5.29. The fourth-order valence-electron chi connectivity index (χ4n) is 1.36. The number of hydrogen-bond donors (Lipinski definition) is 0. The van der Waals surface area contributed by atoms with E-state index in [9.17, 15) is 0 Å². The Hall–Kier alpha value is -1.50. The van der Waals surface area contributed by atoms with Crippen molar-refractivity contribution in [3.8, 4) is 5.75 Å². The molecule has 1 heteroatoms. The van der Waals surface area contributed by atoms with Crippen LogP contribution in [0.4, 0.5) is 0 Å². The van der Waals surface area contributed by atoms with Crippen LogP contribution in [0.1, 0.15) is 40.2 Å². The first kappa shape index (κ1) is 16.5. The molecule has 1 nitrogen and oxygen atoms in total. The molecular weight excluding hydrogens is 220 g/mol. The first-order chi connectivity index (χ1) is 8.61. The second kappa shape index (κ2) is 9.52. The van der Waals surface area contributed by atoms with Gasteiger partial charge in [0.15, 0.2) is 0 Å². The minimum absolute atomic E-state index is 0.483. The molecule has 1 rings (SSSR count). The molecule has 1 aromatic carbocycles. The van der Waals surface area contributed by atoms with Crippen molar-refractivity contribution in [2.75, 3.05) is 0 Å². The minimum Gasteiger partial charge on any atom is -0.458 e. The predicted octanol–water partition coefficient (Wildman–Crippen LogP) is 5.52. The molecule has 18 heavy (non-hydrogen) atoms. The molecule has 0 amide bonds. The molecule has 0 spiro atoms. The Balaban J connectivity index is 0.00000137. The summed E-state index contributed by atoms with van der Waals surface area (Å²) in [4.78, 5) is 0. The fraction of sp³-hybridized carbons (Fsp3) is 0.412. The van der Waals surface area contributed by atoms with E-state index in [4.69, 9.17) is 4.74 Å². The summed E-state index contributed by atoms with van der Waals surface area (Å²) < 4.78 is 5.80. The molecule has 0 N–H and O–H groups in total. The fourth-order valence-corrected chi connectivity index (χ4v) is 1.36. The Morgan fingerprint density at radius 3 is 2.11 bits per heavy atom. The Morgan fingerprint density at radius 2 is 1.67 bits per heavy atom. The number of benzene rings is 1. The van der Waals surface area contributed by atoms with Gasteiger partial charge in [0.2, 0.25) is 0 Å². The highest BCUT2D eigenvalue weighted by atomic mass is 16.5. The smallest absolute Gasteiger partial charge is 0.127 e. The first-order valence-corrected chi connectivity index (χ1v) is 6.71. The maximum Gasteiger partial charge on any atom is 0.127 e. The lowest BCUT2D eigenvalue weighted by Gasteiger charge is -2.08. The van der Waals surface area contributed by atoms with Crippen LogP contribution in [0.3, 0.4) is 0 Å². The van der Waals surface area contributed by atoms with Crippen molar-refractivity contribution < 1.29 is 4.74 Å². The Morgan fingerprint density at radius 1 is 1.11 bits per heavy atom. The maximum absolute atomic E-state index is 5.80. The minimum atomic E-state index is 0.483. The van der Waals surface area contributed by atoms with Crippen molar-refractivity contribution in [3.05, 3.63) is 53.8 Å². The van der Waals surface area contributed by atoms with Crippen LogP contribution in [-0.2, 0) is 0 Å². The van der Waals surface area contributed by atoms with Crippen molar-refractivity contribution in [2.24, 2.45) is 5.92 Å². The molecule has 100 valence electrons. The van der Waals surface area contributed by atoms with Crippen LogP contribution in [0.5, 0.6) is 5.75 Å². The molecule has 0 aliphatic carbocycles. The lowest BCUT2D eigenvalue weighted by Crippen LogP contribution is -1.95.